The summed E-state index contributed by atoms with van der Waals surface area (Å²) >= 11 is 0. The van der Waals surface area contributed by atoms with E-state index in [1.54, 1.807) is 31.2 Å². The van der Waals surface area contributed by atoms with Crippen molar-refractivity contribution in [3.63, 3.8) is 0 Å². The molecule has 14 heteroatoms. The van der Waals surface area contributed by atoms with Crippen LogP contribution in [-0.2, 0) is 20.0 Å². The fraction of sp³-hybridized carbons (Fsp3) is 0.304. The van der Waals surface area contributed by atoms with Crippen LogP contribution in [0.25, 0.3) is 0 Å². The molecule has 0 bridgehead atoms. The molecule has 0 spiro atoms. The van der Waals surface area contributed by atoms with Gasteiger partial charge in [-0.1, -0.05) is 18.2 Å². The molecule has 1 aliphatic carbocycles. The number of primary sulfonamides is 1. The SMILES string of the molecule is CC(=C1C=CC=C(Nc2nc(Nc3cccc(S(N)(=O)=O)c3)ncc2F)C1)S(=O)(=O)NC1CCNCC1. The Balaban J connectivity index is 1.48. The number of nitrogens with zero attached hydrogens (tertiary/aromatic N) is 2. The van der Waals surface area contributed by atoms with Gasteiger partial charge < -0.3 is 16.0 Å². The minimum absolute atomic E-state index is 0.0168. The molecule has 1 aromatic heterocycles. The molecule has 1 fully saturated rings. The lowest BCUT2D eigenvalue weighted by molar-refractivity contribution is 0.428. The van der Waals surface area contributed by atoms with Gasteiger partial charge in [-0.3, -0.25) is 0 Å². The first-order valence-electron chi connectivity index (χ1n) is 11.5. The van der Waals surface area contributed by atoms with Crippen LogP contribution in [0.1, 0.15) is 26.2 Å². The largest absolute Gasteiger partial charge is 0.341 e. The fourth-order valence-electron chi connectivity index (χ4n) is 3.90. The molecule has 1 saturated heterocycles. The Kier molecular flexibility index (Phi) is 8.04. The van der Waals surface area contributed by atoms with Gasteiger partial charge in [0.25, 0.3) is 0 Å². The van der Waals surface area contributed by atoms with Gasteiger partial charge in [-0.05, 0) is 62.7 Å². The number of anilines is 3. The van der Waals surface area contributed by atoms with Crippen LogP contribution in [0.4, 0.5) is 21.8 Å². The lowest BCUT2D eigenvalue weighted by atomic mass is 10.0. The van der Waals surface area contributed by atoms with Crippen molar-refractivity contribution in [3.8, 4) is 0 Å². The summed E-state index contributed by atoms with van der Waals surface area (Å²) in [4.78, 5) is 8.14. The molecular formula is C23H28FN7O4S2. The Labute approximate surface area is 215 Å². The molecule has 198 valence electrons. The second-order valence-corrected chi connectivity index (χ2v) is 12.1. The van der Waals surface area contributed by atoms with Crippen LogP contribution in [0.5, 0.6) is 0 Å². The number of hydrogen-bond acceptors (Lipinski definition) is 9. The first-order valence-corrected chi connectivity index (χ1v) is 14.5. The molecule has 2 heterocycles. The van der Waals surface area contributed by atoms with Crippen molar-refractivity contribution < 1.29 is 21.2 Å². The van der Waals surface area contributed by atoms with Crippen molar-refractivity contribution in [2.24, 2.45) is 5.14 Å². The van der Waals surface area contributed by atoms with Gasteiger partial charge >= 0.3 is 0 Å². The van der Waals surface area contributed by atoms with Gasteiger partial charge in [0.15, 0.2) is 11.6 Å². The Morgan fingerprint density at radius 1 is 1.16 bits per heavy atom. The number of nitrogens with two attached hydrogens (primary N) is 1. The van der Waals surface area contributed by atoms with E-state index in [9.17, 15) is 21.2 Å². The van der Waals surface area contributed by atoms with Gasteiger partial charge in [0.1, 0.15) is 0 Å². The van der Waals surface area contributed by atoms with Crippen molar-refractivity contribution >= 4 is 37.5 Å². The van der Waals surface area contributed by atoms with Gasteiger partial charge in [0, 0.05) is 23.8 Å². The van der Waals surface area contributed by atoms with Crippen molar-refractivity contribution in [3.05, 3.63) is 70.7 Å². The minimum atomic E-state index is -3.90. The predicted molar refractivity (Wildman–Crippen MR) is 139 cm³/mol. The molecule has 2 aromatic rings. The van der Waals surface area contributed by atoms with E-state index in [0.717, 1.165) is 32.1 Å². The number of rotatable bonds is 8. The number of piperidine rings is 1. The third-order valence-corrected chi connectivity index (χ3v) is 8.56. The number of halogens is 1. The van der Waals surface area contributed by atoms with Gasteiger partial charge in [-0.2, -0.15) is 4.98 Å². The Morgan fingerprint density at radius 3 is 2.65 bits per heavy atom. The Bertz CT molecular complexity index is 1480. The number of nitrogens with one attached hydrogen (secondary N) is 4. The van der Waals surface area contributed by atoms with Gasteiger partial charge in [0.05, 0.1) is 16.0 Å². The zero-order valence-corrected chi connectivity index (χ0v) is 21.7. The topological polar surface area (TPSA) is 168 Å². The Morgan fingerprint density at radius 2 is 1.92 bits per heavy atom. The monoisotopic (exact) mass is 549 g/mol. The van der Waals surface area contributed by atoms with Crippen molar-refractivity contribution in [1.82, 2.24) is 20.0 Å². The molecule has 6 N–H and O–H groups in total. The maximum Gasteiger partial charge on any atom is 0.238 e. The molecule has 0 radical (unpaired) electrons. The lowest BCUT2D eigenvalue weighted by Gasteiger charge is -2.24. The molecule has 37 heavy (non-hydrogen) atoms. The van der Waals surface area contributed by atoms with E-state index in [1.165, 1.54) is 18.2 Å². The standard InChI is InChI=1S/C23H28FN7O4S2/c1-15(37(34,35)31-17-8-10-26-11-9-17)16-4-2-5-18(12-16)28-22-21(24)14-27-23(30-22)29-19-6-3-7-20(13-19)36(25,32)33/h2-7,13-14,17,26,31H,8-12H2,1H3,(H2,25,32,33)(H2,27,28,29,30). The number of allylic oxidation sites excluding steroid dienone is 5. The number of sulfonamides is 2. The third kappa shape index (κ3) is 6.99. The molecule has 4 rings (SSSR count). The molecule has 0 atom stereocenters. The van der Waals surface area contributed by atoms with Crippen molar-refractivity contribution in [1.29, 1.82) is 0 Å². The molecule has 1 aromatic carbocycles. The lowest BCUT2D eigenvalue weighted by Crippen LogP contribution is -2.42. The Hall–Kier alpha value is -3.17. The summed E-state index contributed by atoms with van der Waals surface area (Å²) in [5, 5.41) is 14.1. The second-order valence-electron chi connectivity index (χ2n) is 8.67. The summed E-state index contributed by atoms with van der Waals surface area (Å²) in [5.74, 6) is -0.834. The van der Waals surface area contributed by atoms with Crippen LogP contribution in [-0.4, -0.2) is 45.9 Å². The summed E-state index contributed by atoms with van der Waals surface area (Å²) in [6.45, 7) is 3.08. The number of benzene rings is 1. The smallest absolute Gasteiger partial charge is 0.238 e. The molecule has 0 amide bonds. The quantitative estimate of drug-likeness (QED) is 0.331. The average molecular weight is 550 g/mol. The van der Waals surface area contributed by atoms with E-state index in [0.29, 0.717) is 17.0 Å². The molecule has 11 nitrogen and oxygen atoms in total. The van der Waals surface area contributed by atoms with Crippen LogP contribution < -0.4 is 25.8 Å². The van der Waals surface area contributed by atoms with Crippen LogP contribution in [0.15, 0.2) is 69.8 Å². The van der Waals surface area contributed by atoms with Crippen LogP contribution in [0.3, 0.4) is 0 Å². The van der Waals surface area contributed by atoms with Gasteiger partial charge in [-0.25, -0.2) is 36.1 Å². The van der Waals surface area contributed by atoms with E-state index in [1.807, 2.05) is 0 Å². The highest BCUT2D eigenvalue weighted by Gasteiger charge is 2.24. The maximum absolute atomic E-state index is 14.5. The summed E-state index contributed by atoms with van der Waals surface area (Å²) in [7, 11) is -7.59. The summed E-state index contributed by atoms with van der Waals surface area (Å²) in [5.41, 5.74) is 1.45. The van der Waals surface area contributed by atoms with Crippen molar-refractivity contribution in [2.75, 3.05) is 23.7 Å². The maximum atomic E-state index is 14.5. The van der Waals surface area contributed by atoms with E-state index >= 15 is 0 Å². The van der Waals surface area contributed by atoms with E-state index < -0.39 is 25.9 Å². The molecular weight excluding hydrogens is 521 g/mol. The van der Waals surface area contributed by atoms with E-state index in [2.05, 4.69) is 30.6 Å². The minimum Gasteiger partial charge on any atom is -0.341 e. The molecule has 2 aliphatic rings. The normalized spacial score (nSPS) is 18.3. The third-order valence-electron chi connectivity index (χ3n) is 5.93. The molecule has 0 unspecified atom stereocenters. The van der Waals surface area contributed by atoms with E-state index in [-0.39, 0.29) is 34.0 Å². The van der Waals surface area contributed by atoms with Crippen molar-refractivity contribution in [2.45, 2.75) is 37.1 Å². The fourth-order valence-corrected chi connectivity index (χ4v) is 5.79. The predicted octanol–water partition coefficient (Wildman–Crippen LogP) is 2.21. The number of hydrogen-bond donors (Lipinski definition) is 5. The van der Waals surface area contributed by atoms with Gasteiger partial charge in [-0.15, -0.1) is 0 Å². The highest BCUT2D eigenvalue weighted by molar-refractivity contribution is 7.93. The summed E-state index contributed by atoms with van der Waals surface area (Å²) in [6.07, 6.45) is 7.73. The highest BCUT2D eigenvalue weighted by Crippen LogP contribution is 2.26. The first-order chi connectivity index (χ1) is 17.5. The summed E-state index contributed by atoms with van der Waals surface area (Å²) in [6, 6.07) is 5.61. The zero-order valence-electron chi connectivity index (χ0n) is 20.0. The van der Waals surface area contributed by atoms with Gasteiger partial charge in [0.2, 0.25) is 26.0 Å². The summed E-state index contributed by atoms with van der Waals surface area (Å²) < 4.78 is 66.3. The first kappa shape index (κ1) is 26.9. The zero-order chi connectivity index (χ0) is 26.6. The van der Waals surface area contributed by atoms with Crippen LogP contribution >= 0.6 is 0 Å². The second kappa shape index (κ2) is 11.1. The van der Waals surface area contributed by atoms with Crippen LogP contribution in [0, 0.1) is 5.82 Å². The highest BCUT2D eigenvalue weighted by atomic mass is 32.2. The van der Waals surface area contributed by atoms with Crippen LogP contribution in [0.2, 0.25) is 0 Å². The molecule has 1 aliphatic heterocycles. The average Bonchev–Trinajstić information content (AvgIpc) is 2.86. The molecule has 0 saturated carbocycles. The van der Waals surface area contributed by atoms with E-state index in [4.69, 9.17) is 5.14 Å². The number of aromatic nitrogens is 2.